The van der Waals surface area contributed by atoms with Gasteiger partial charge in [-0.25, -0.2) is 0 Å². The zero-order valence-electron chi connectivity index (χ0n) is 10.9. The molecule has 1 aromatic rings. The Morgan fingerprint density at radius 1 is 1.22 bits per heavy atom. The van der Waals surface area contributed by atoms with Gasteiger partial charge in [0.05, 0.1) is 0 Å². The number of ether oxygens (including phenoxy) is 2. The van der Waals surface area contributed by atoms with Crippen LogP contribution in [0.25, 0.3) is 0 Å². The fourth-order valence-electron chi connectivity index (χ4n) is 2.99. The second kappa shape index (κ2) is 5.19. The van der Waals surface area contributed by atoms with Gasteiger partial charge in [-0.15, -0.1) is 0 Å². The monoisotopic (exact) mass is 247 g/mol. The van der Waals surface area contributed by atoms with Crippen molar-refractivity contribution < 1.29 is 9.47 Å². The first-order valence-electron chi connectivity index (χ1n) is 6.95. The molecule has 98 valence electrons. The number of hydrogen-bond donors (Lipinski definition) is 1. The summed E-state index contributed by atoms with van der Waals surface area (Å²) in [4.78, 5) is 0. The van der Waals surface area contributed by atoms with E-state index in [4.69, 9.17) is 9.47 Å². The molecule has 1 saturated carbocycles. The smallest absolute Gasteiger partial charge is 0.231 e. The third kappa shape index (κ3) is 2.32. The molecule has 3 nitrogen and oxygen atoms in total. The zero-order chi connectivity index (χ0) is 12.4. The maximum Gasteiger partial charge on any atom is 0.231 e. The van der Waals surface area contributed by atoms with Crippen LogP contribution in [0.15, 0.2) is 18.2 Å². The van der Waals surface area contributed by atoms with Crippen molar-refractivity contribution in [2.45, 2.75) is 45.2 Å². The van der Waals surface area contributed by atoms with E-state index in [2.05, 4.69) is 18.3 Å². The first kappa shape index (κ1) is 11.8. The first-order valence-corrected chi connectivity index (χ1v) is 6.95. The van der Waals surface area contributed by atoms with Crippen molar-refractivity contribution in [2.75, 3.05) is 6.79 Å². The van der Waals surface area contributed by atoms with Gasteiger partial charge in [-0.1, -0.05) is 31.9 Å². The molecule has 3 heteroatoms. The third-order valence-electron chi connectivity index (χ3n) is 4.14. The van der Waals surface area contributed by atoms with Gasteiger partial charge in [0.2, 0.25) is 6.79 Å². The molecule has 0 spiro atoms. The van der Waals surface area contributed by atoms with Crippen molar-refractivity contribution in [1.82, 2.24) is 5.32 Å². The lowest BCUT2D eigenvalue weighted by atomic mass is 9.86. The number of nitrogens with one attached hydrogen (secondary N) is 1. The molecule has 0 radical (unpaired) electrons. The minimum atomic E-state index is 0.353. The van der Waals surface area contributed by atoms with Crippen molar-refractivity contribution >= 4 is 0 Å². The van der Waals surface area contributed by atoms with Crippen LogP contribution < -0.4 is 14.8 Å². The standard InChI is InChI=1S/C15H21NO2/c1-11-5-2-3-7-13(11)16-9-12-6-4-8-14-15(12)18-10-17-14/h4,6,8,11,13,16H,2-3,5,7,9-10H2,1H3. The largest absolute Gasteiger partial charge is 0.454 e. The topological polar surface area (TPSA) is 30.5 Å². The van der Waals surface area contributed by atoms with E-state index in [0.29, 0.717) is 12.8 Å². The van der Waals surface area contributed by atoms with Gasteiger partial charge in [-0.2, -0.15) is 0 Å². The Morgan fingerprint density at radius 3 is 3.00 bits per heavy atom. The third-order valence-corrected chi connectivity index (χ3v) is 4.14. The summed E-state index contributed by atoms with van der Waals surface area (Å²) in [6.07, 6.45) is 5.39. The Bertz CT molecular complexity index is 419. The van der Waals surface area contributed by atoms with E-state index in [9.17, 15) is 0 Å². The predicted molar refractivity (Wildman–Crippen MR) is 70.8 cm³/mol. The lowest BCUT2D eigenvalue weighted by Gasteiger charge is -2.29. The summed E-state index contributed by atoms with van der Waals surface area (Å²) in [5.41, 5.74) is 1.21. The first-order chi connectivity index (χ1) is 8.84. The number of hydrogen-bond acceptors (Lipinski definition) is 3. The molecule has 1 aromatic carbocycles. The molecule has 1 aliphatic heterocycles. The Labute approximate surface area is 108 Å². The average Bonchev–Trinajstić information content (AvgIpc) is 2.86. The van der Waals surface area contributed by atoms with Crippen LogP contribution >= 0.6 is 0 Å². The van der Waals surface area contributed by atoms with Gasteiger partial charge in [0.1, 0.15) is 0 Å². The highest BCUT2D eigenvalue weighted by atomic mass is 16.7. The molecule has 3 rings (SSSR count). The number of para-hydroxylation sites is 1. The molecule has 0 amide bonds. The maximum absolute atomic E-state index is 5.53. The molecular weight excluding hydrogens is 226 g/mol. The lowest BCUT2D eigenvalue weighted by Crippen LogP contribution is -2.36. The molecule has 0 bridgehead atoms. The minimum absolute atomic E-state index is 0.353. The molecule has 0 aromatic heterocycles. The van der Waals surface area contributed by atoms with Crippen molar-refractivity contribution in [2.24, 2.45) is 5.92 Å². The van der Waals surface area contributed by atoms with Crippen LogP contribution in [0.2, 0.25) is 0 Å². The molecule has 18 heavy (non-hydrogen) atoms. The summed E-state index contributed by atoms with van der Waals surface area (Å²) in [5.74, 6) is 2.59. The summed E-state index contributed by atoms with van der Waals surface area (Å²) in [6, 6.07) is 6.77. The van der Waals surface area contributed by atoms with Gasteiger partial charge in [-0.05, 0) is 24.8 Å². The molecule has 0 saturated heterocycles. The predicted octanol–water partition coefficient (Wildman–Crippen LogP) is 3.08. The van der Waals surface area contributed by atoms with Gasteiger partial charge >= 0.3 is 0 Å². The van der Waals surface area contributed by atoms with E-state index in [0.717, 1.165) is 24.0 Å². The second-order valence-electron chi connectivity index (χ2n) is 5.40. The molecule has 2 unspecified atom stereocenters. The van der Waals surface area contributed by atoms with Crippen molar-refractivity contribution in [3.05, 3.63) is 23.8 Å². The Balaban J connectivity index is 1.65. The number of benzene rings is 1. The van der Waals surface area contributed by atoms with Crippen LogP contribution in [0.5, 0.6) is 11.5 Å². The summed E-state index contributed by atoms with van der Waals surface area (Å²) in [6.45, 7) is 3.58. The summed E-state index contributed by atoms with van der Waals surface area (Å²) in [5, 5.41) is 3.68. The minimum Gasteiger partial charge on any atom is -0.454 e. The fraction of sp³-hybridized carbons (Fsp3) is 0.600. The van der Waals surface area contributed by atoms with E-state index >= 15 is 0 Å². The Morgan fingerprint density at radius 2 is 2.11 bits per heavy atom. The molecule has 1 fully saturated rings. The molecule has 1 heterocycles. The van der Waals surface area contributed by atoms with Gasteiger partial charge in [0, 0.05) is 18.2 Å². The van der Waals surface area contributed by atoms with Gasteiger partial charge < -0.3 is 14.8 Å². The van der Waals surface area contributed by atoms with Crippen LogP contribution in [0.3, 0.4) is 0 Å². The average molecular weight is 247 g/mol. The van der Waals surface area contributed by atoms with E-state index < -0.39 is 0 Å². The quantitative estimate of drug-likeness (QED) is 0.890. The molecule has 1 N–H and O–H groups in total. The molecule has 2 atom stereocenters. The van der Waals surface area contributed by atoms with Crippen molar-refractivity contribution in [3.8, 4) is 11.5 Å². The van der Waals surface area contributed by atoms with Crippen molar-refractivity contribution in [1.29, 1.82) is 0 Å². The van der Waals surface area contributed by atoms with Gasteiger partial charge in [0.25, 0.3) is 0 Å². The van der Waals surface area contributed by atoms with E-state index in [1.54, 1.807) is 0 Å². The second-order valence-corrected chi connectivity index (χ2v) is 5.40. The summed E-state index contributed by atoms with van der Waals surface area (Å²) >= 11 is 0. The maximum atomic E-state index is 5.53. The molecule has 2 aliphatic rings. The summed E-state index contributed by atoms with van der Waals surface area (Å²) in [7, 11) is 0. The van der Waals surface area contributed by atoms with Crippen molar-refractivity contribution in [3.63, 3.8) is 0 Å². The highest BCUT2D eigenvalue weighted by molar-refractivity contribution is 5.48. The van der Waals surface area contributed by atoms with Crippen LogP contribution in [-0.2, 0) is 6.54 Å². The van der Waals surface area contributed by atoms with Crippen LogP contribution in [0, 0.1) is 5.92 Å². The van der Waals surface area contributed by atoms with Crippen LogP contribution in [0.4, 0.5) is 0 Å². The Kier molecular flexibility index (Phi) is 3.41. The van der Waals surface area contributed by atoms with E-state index in [1.807, 2.05) is 12.1 Å². The lowest BCUT2D eigenvalue weighted by molar-refractivity contribution is 0.173. The SMILES string of the molecule is CC1CCCCC1NCc1cccc2c1OCO2. The Hall–Kier alpha value is -1.22. The normalized spacial score (nSPS) is 26.3. The summed E-state index contributed by atoms with van der Waals surface area (Å²) < 4.78 is 10.9. The van der Waals surface area contributed by atoms with Gasteiger partial charge in [0.15, 0.2) is 11.5 Å². The highest BCUT2D eigenvalue weighted by Gasteiger charge is 2.22. The molecule has 1 aliphatic carbocycles. The van der Waals surface area contributed by atoms with Crippen LogP contribution in [0.1, 0.15) is 38.2 Å². The van der Waals surface area contributed by atoms with Gasteiger partial charge in [-0.3, -0.25) is 0 Å². The van der Waals surface area contributed by atoms with Crippen LogP contribution in [-0.4, -0.2) is 12.8 Å². The zero-order valence-corrected chi connectivity index (χ0v) is 10.9. The fourth-order valence-corrected chi connectivity index (χ4v) is 2.99. The van der Waals surface area contributed by atoms with E-state index in [1.165, 1.54) is 31.2 Å². The van der Waals surface area contributed by atoms with E-state index in [-0.39, 0.29) is 0 Å². The highest BCUT2D eigenvalue weighted by Crippen LogP contribution is 2.35. The molecular formula is C15H21NO2. The number of fused-ring (bicyclic) bond motifs is 1. The number of rotatable bonds is 3.